The summed E-state index contributed by atoms with van der Waals surface area (Å²) in [7, 11) is 0. The number of furan rings is 1. The molecule has 16 heavy (non-hydrogen) atoms. The summed E-state index contributed by atoms with van der Waals surface area (Å²) in [4.78, 5) is 4.98. The van der Waals surface area contributed by atoms with E-state index in [2.05, 4.69) is 10.1 Å². The van der Waals surface area contributed by atoms with Gasteiger partial charge in [0.05, 0.1) is 11.3 Å². The van der Waals surface area contributed by atoms with Crippen LogP contribution in [0.1, 0.15) is 0 Å². The summed E-state index contributed by atoms with van der Waals surface area (Å²) in [6.45, 7) is 0. The topological polar surface area (TPSA) is 52.1 Å². The molecule has 0 spiro atoms. The summed E-state index contributed by atoms with van der Waals surface area (Å²) >= 11 is 7.42. The summed E-state index contributed by atoms with van der Waals surface area (Å²) in [6.07, 6.45) is 1.56. The summed E-state index contributed by atoms with van der Waals surface area (Å²) in [5.41, 5.74) is 0. The van der Waals surface area contributed by atoms with Crippen LogP contribution in [0.4, 0.5) is 0 Å². The number of hydrogen-bond donors (Lipinski definition) is 0. The second-order valence-corrected chi connectivity index (χ2v) is 4.32. The lowest BCUT2D eigenvalue weighted by Crippen LogP contribution is -1.76. The van der Waals surface area contributed by atoms with Crippen molar-refractivity contribution in [1.82, 2.24) is 10.1 Å². The zero-order valence-corrected chi connectivity index (χ0v) is 9.46. The van der Waals surface area contributed by atoms with Crippen molar-refractivity contribution < 1.29 is 8.94 Å². The summed E-state index contributed by atoms with van der Waals surface area (Å²) in [5.74, 6) is 1.40. The molecule has 0 aliphatic rings. The van der Waals surface area contributed by atoms with Gasteiger partial charge in [-0.2, -0.15) is 4.98 Å². The molecule has 3 rings (SSSR count). The van der Waals surface area contributed by atoms with Gasteiger partial charge in [0.1, 0.15) is 4.88 Å². The second-order valence-electron chi connectivity index (χ2n) is 3.00. The molecule has 4 nitrogen and oxygen atoms in total. The maximum atomic E-state index is 5.97. The Kier molecular flexibility index (Phi) is 2.27. The Balaban J connectivity index is 2.03. The molecule has 3 aromatic rings. The maximum Gasteiger partial charge on any atom is 0.269 e. The van der Waals surface area contributed by atoms with Crippen LogP contribution in [0.3, 0.4) is 0 Å². The van der Waals surface area contributed by atoms with Crippen LogP contribution in [0, 0.1) is 0 Å². The minimum absolute atomic E-state index is 0.409. The molecule has 0 aromatic carbocycles. The van der Waals surface area contributed by atoms with Gasteiger partial charge in [-0.15, -0.1) is 11.3 Å². The largest absolute Gasteiger partial charge is 0.461 e. The van der Waals surface area contributed by atoms with E-state index in [0.29, 0.717) is 22.5 Å². The third kappa shape index (κ3) is 1.54. The maximum absolute atomic E-state index is 5.97. The third-order valence-electron chi connectivity index (χ3n) is 1.98. The number of thiophene rings is 1. The molecule has 0 aliphatic heterocycles. The smallest absolute Gasteiger partial charge is 0.269 e. The van der Waals surface area contributed by atoms with Crippen molar-refractivity contribution in [2.45, 2.75) is 0 Å². The Bertz CT molecular complexity index is 600. The van der Waals surface area contributed by atoms with E-state index < -0.39 is 0 Å². The molecule has 0 amide bonds. The first-order chi connectivity index (χ1) is 7.84. The lowest BCUT2D eigenvalue weighted by molar-refractivity contribution is 0.430. The minimum Gasteiger partial charge on any atom is -0.461 e. The van der Waals surface area contributed by atoms with E-state index in [9.17, 15) is 0 Å². The van der Waals surface area contributed by atoms with Gasteiger partial charge < -0.3 is 8.94 Å². The highest BCUT2D eigenvalue weighted by Gasteiger charge is 2.15. The molecular weight excluding hydrogens is 248 g/mol. The Labute approximate surface area is 99.5 Å². The fourth-order valence-corrected chi connectivity index (χ4v) is 2.32. The van der Waals surface area contributed by atoms with Crippen LogP contribution in [-0.4, -0.2) is 10.1 Å². The van der Waals surface area contributed by atoms with Gasteiger partial charge >= 0.3 is 0 Å². The van der Waals surface area contributed by atoms with Crippen LogP contribution in [0.25, 0.3) is 22.4 Å². The van der Waals surface area contributed by atoms with E-state index in [1.165, 1.54) is 11.3 Å². The Morgan fingerprint density at radius 3 is 2.94 bits per heavy atom. The van der Waals surface area contributed by atoms with E-state index in [1.54, 1.807) is 24.5 Å². The molecule has 3 aromatic heterocycles. The molecule has 0 N–H and O–H groups in total. The quantitative estimate of drug-likeness (QED) is 0.698. The van der Waals surface area contributed by atoms with Crippen LogP contribution in [0.15, 0.2) is 38.8 Å². The van der Waals surface area contributed by atoms with E-state index in [0.717, 1.165) is 4.88 Å². The monoisotopic (exact) mass is 252 g/mol. The highest BCUT2D eigenvalue weighted by molar-refractivity contribution is 7.14. The lowest BCUT2D eigenvalue weighted by Gasteiger charge is -1.86. The highest BCUT2D eigenvalue weighted by Crippen LogP contribution is 2.32. The normalized spacial score (nSPS) is 10.8. The van der Waals surface area contributed by atoms with E-state index in [-0.39, 0.29) is 0 Å². The van der Waals surface area contributed by atoms with Crippen LogP contribution in [0.2, 0.25) is 5.02 Å². The fraction of sp³-hybridized carbons (Fsp3) is 0. The zero-order valence-electron chi connectivity index (χ0n) is 7.88. The molecule has 0 radical (unpaired) electrons. The van der Waals surface area contributed by atoms with Gasteiger partial charge in [0, 0.05) is 0 Å². The van der Waals surface area contributed by atoms with Crippen LogP contribution >= 0.6 is 22.9 Å². The number of hydrogen-bond acceptors (Lipinski definition) is 5. The van der Waals surface area contributed by atoms with Crippen molar-refractivity contribution in [2.24, 2.45) is 0 Å². The standard InChI is InChI=1S/C10H5ClN2O2S/c11-6-3-5-16-8(6)10-12-9(13-15-10)7-2-1-4-14-7/h1-5H. The van der Waals surface area contributed by atoms with Crippen molar-refractivity contribution in [3.63, 3.8) is 0 Å². The third-order valence-corrected chi connectivity index (χ3v) is 3.31. The molecule has 0 saturated heterocycles. The lowest BCUT2D eigenvalue weighted by atomic mass is 10.4. The van der Waals surface area contributed by atoms with Crippen molar-refractivity contribution in [1.29, 1.82) is 0 Å². The van der Waals surface area contributed by atoms with Gasteiger partial charge in [0.2, 0.25) is 5.82 Å². The first-order valence-corrected chi connectivity index (χ1v) is 5.71. The predicted molar refractivity (Wildman–Crippen MR) is 60.3 cm³/mol. The van der Waals surface area contributed by atoms with Gasteiger partial charge in [-0.1, -0.05) is 16.8 Å². The predicted octanol–water partition coefficient (Wildman–Crippen LogP) is 3.71. The van der Waals surface area contributed by atoms with Gasteiger partial charge in [0.15, 0.2) is 5.76 Å². The van der Waals surface area contributed by atoms with E-state index in [4.69, 9.17) is 20.5 Å². The van der Waals surface area contributed by atoms with E-state index >= 15 is 0 Å². The van der Waals surface area contributed by atoms with Crippen molar-refractivity contribution in [2.75, 3.05) is 0 Å². The molecule has 0 aliphatic carbocycles. The number of rotatable bonds is 2. The van der Waals surface area contributed by atoms with Gasteiger partial charge in [-0.25, -0.2) is 0 Å². The molecule has 80 valence electrons. The van der Waals surface area contributed by atoms with Gasteiger partial charge in [0.25, 0.3) is 5.89 Å². The molecule has 6 heteroatoms. The Hall–Kier alpha value is -1.59. The second kappa shape index (κ2) is 3.77. The van der Waals surface area contributed by atoms with Crippen molar-refractivity contribution in [3.05, 3.63) is 34.9 Å². The fourth-order valence-electron chi connectivity index (χ4n) is 1.27. The zero-order chi connectivity index (χ0) is 11.0. The summed E-state index contributed by atoms with van der Waals surface area (Å²) < 4.78 is 10.3. The SMILES string of the molecule is Clc1ccsc1-c1nc(-c2ccco2)no1. The minimum atomic E-state index is 0.409. The van der Waals surface area contributed by atoms with Crippen LogP contribution in [-0.2, 0) is 0 Å². The molecule has 3 heterocycles. The molecular formula is C10H5ClN2O2S. The molecule has 0 fully saturated rings. The number of aromatic nitrogens is 2. The average molecular weight is 253 g/mol. The number of halogens is 1. The van der Waals surface area contributed by atoms with Gasteiger partial charge in [-0.05, 0) is 23.6 Å². The molecule has 0 atom stereocenters. The first-order valence-electron chi connectivity index (χ1n) is 4.45. The van der Waals surface area contributed by atoms with Crippen LogP contribution in [0.5, 0.6) is 0 Å². The van der Waals surface area contributed by atoms with Crippen molar-refractivity contribution in [3.8, 4) is 22.4 Å². The Morgan fingerprint density at radius 1 is 1.31 bits per heavy atom. The van der Waals surface area contributed by atoms with E-state index in [1.807, 2.05) is 5.38 Å². The highest BCUT2D eigenvalue weighted by atomic mass is 35.5. The molecule has 0 unspecified atom stereocenters. The summed E-state index contributed by atoms with van der Waals surface area (Å²) in [5, 5.41) is 6.30. The first kappa shape index (κ1) is 9.62. The molecule has 0 saturated carbocycles. The van der Waals surface area contributed by atoms with Crippen LogP contribution < -0.4 is 0 Å². The average Bonchev–Trinajstić information content (AvgIpc) is 2.96. The van der Waals surface area contributed by atoms with Gasteiger partial charge in [-0.3, -0.25) is 0 Å². The number of nitrogens with zero attached hydrogens (tertiary/aromatic N) is 2. The Morgan fingerprint density at radius 2 is 2.25 bits per heavy atom. The molecule has 0 bridgehead atoms. The van der Waals surface area contributed by atoms with Crippen molar-refractivity contribution >= 4 is 22.9 Å². The summed E-state index contributed by atoms with van der Waals surface area (Å²) in [6, 6.07) is 5.33.